The molecule has 30 heavy (non-hydrogen) atoms. The van der Waals surface area contributed by atoms with Gasteiger partial charge in [0.15, 0.2) is 0 Å². The molecular weight excluding hydrogens is 472 g/mol. The second kappa shape index (κ2) is 8.76. The van der Waals surface area contributed by atoms with Crippen molar-refractivity contribution in [3.63, 3.8) is 0 Å². The van der Waals surface area contributed by atoms with Gasteiger partial charge in [0.25, 0.3) is 10.2 Å². The van der Waals surface area contributed by atoms with Crippen LogP contribution in [-0.4, -0.2) is 49.4 Å². The van der Waals surface area contributed by atoms with E-state index in [-0.39, 0.29) is 11.6 Å². The van der Waals surface area contributed by atoms with E-state index in [4.69, 9.17) is 38.1 Å². The van der Waals surface area contributed by atoms with Crippen molar-refractivity contribution in [2.75, 3.05) is 30.6 Å². The molecule has 2 aromatic rings. The van der Waals surface area contributed by atoms with E-state index in [1.807, 2.05) is 19.2 Å². The maximum atomic E-state index is 12.1. The lowest BCUT2D eigenvalue weighted by atomic mass is 9.84. The van der Waals surface area contributed by atoms with E-state index >= 15 is 0 Å². The van der Waals surface area contributed by atoms with Gasteiger partial charge in [-0.3, -0.25) is 8.87 Å². The van der Waals surface area contributed by atoms with Crippen LogP contribution in [0.5, 0.6) is 0 Å². The Bertz CT molecular complexity index is 1110. The number of hydrogen-bond donors (Lipinski definition) is 3. The lowest BCUT2D eigenvalue weighted by Gasteiger charge is -2.34. The van der Waals surface area contributed by atoms with Crippen molar-refractivity contribution in [2.45, 2.75) is 12.5 Å². The van der Waals surface area contributed by atoms with Gasteiger partial charge >= 0.3 is 7.60 Å². The molecule has 0 bridgehead atoms. The zero-order chi connectivity index (χ0) is 22.3. The van der Waals surface area contributed by atoms with Crippen LogP contribution in [0.4, 0.5) is 5.69 Å². The third-order valence-electron chi connectivity index (χ3n) is 4.95. The molecule has 1 aliphatic rings. The molecule has 8 nitrogen and oxygen atoms in total. The Morgan fingerprint density at radius 3 is 2.60 bits per heavy atom. The quantitative estimate of drug-likeness (QED) is 0.531. The highest BCUT2D eigenvalue weighted by atomic mass is 35.5. The SMILES string of the molecule is CN1Cc2c(Cl)cc(Cl)cc2C(c2cccc(N(CCP(=O)(O)O)S(N)(=O)=O)c2)C1. The fourth-order valence-corrected chi connectivity index (χ4v) is 5.57. The van der Waals surface area contributed by atoms with Crippen molar-refractivity contribution in [3.8, 4) is 0 Å². The van der Waals surface area contributed by atoms with Gasteiger partial charge in [0.2, 0.25) is 0 Å². The summed E-state index contributed by atoms with van der Waals surface area (Å²) >= 11 is 12.6. The van der Waals surface area contributed by atoms with Gasteiger partial charge in [0.1, 0.15) is 0 Å². The lowest BCUT2D eigenvalue weighted by molar-refractivity contribution is 0.295. The third kappa shape index (κ3) is 5.55. The van der Waals surface area contributed by atoms with Gasteiger partial charge in [0, 0.05) is 35.6 Å². The highest BCUT2D eigenvalue weighted by molar-refractivity contribution is 7.90. The average molecular weight is 494 g/mol. The van der Waals surface area contributed by atoms with E-state index < -0.39 is 30.5 Å². The van der Waals surface area contributed by atoms with Gasteiger partial charge in [-0.15, -0.1) is 0 Å². The van der Waals surface area contributed by atoms with Crippen molar-refractivity contribution in [2.24, 2.45) is 5.14 Å². The summed E-state index contributed by atoms with van der Waals surface area (Å²) in [5.74, 6) is -0.126. The van der Waals surface area contributed by atoms with Crippen LogP contribution in [-0.2, 0) is 21.3 Å². The monoisotopic (exact) mass is 493 g/mol. The first-order chi connectivity index (χ1) is 13.8. The van der Waals surface area contributed by atoms with Crippen molar-refractivity contribution in [1.29, 1.82) is 0 Å². The van der Waals surface area contributed by atoms with E-state index in [0.29, 0.717) is 23.1 Å². The van der Waals surface area contributed by atoms with Crippen molar-refractivity contribution < 1.29 is 22.8 Å². The summed E-state index contributed by atoms with van der Waals surface area (Å²) in [7, 11) is -6.68. The van der Waals surface area contributed by atoms with Crippen LogP contribution in [0, 0.1) is 0 Å². The molecule has 0 aliphatic carbocycles. The fourth-order valence-electron chi connectivity index (χ4n) is 3.65. The predicted molar refractivity (Wildman–Crippen MR) is 118 cm³/mol. The number of likely N-dealkylation sites (N-methyl/N-ethyl adjacent to an activating group) is 1. The smallest absolute Gasteiger partial charge is 0.324 e. The molecule has 1 aliphatic heterocycles. The average Bonchev–Trinajstić information content (AvgIpc) is 2.60. The van der Waals surface area contributed by atoms with Crippen LogP contribution in [0.1, 0.15) is 22.6 Å². The topological polar surface area (TPSA) is 124 Å². The second-order valence-electron chi connectivity index (χ2n) is 7.31. The minimum Gasteiger partial charge on any atom is -0.324 e. The first-order valence-electron chi connectivity index (χ1n) is 8.96. The molecule has 164 valence electrons. The standard InChI is InChI=1S/C18H22Cl2N3O5PS/c1-22-10-16(15-8-13(19)9-18(20)17(15)11-22)12-3-2-4-14(7-12)23(30(21,27)28)5-6-29(24,25)26/h2-4,7-9,16H,5-6,10-11H2,1H3,(H2,21,27,28)(H2,24,25,26). The number of halogens is 2. The number of nitrogens with zero attached hydrogens (tertiary/aromatic N) is 2. The van der Waals surface area contributed by atoms with Crippen LogP contribution in [0.3, 0.4) is 0 Å². The maximum absolute atomic E-state index is 12.1. The fraction of sp³-hybridized carbons (Fsp3) is 0.333. The first-order valence-corrected chi connectivity index (χ1v) is 13.0. The molecule has 2 aromatic carbocycles. The molecule has 3 rings (SSSR count). The number of fused-ring (bicyclic) bond motifs is 1. The first kappa shape index (κ1) is 23.5. The molecule has 0 aromatic heterocycles. The zero-order valence-electron chi connectivity index (χ0n) is 16.1. The van der Waals surface area contributed by atoms with Crippen LogP contribution in [0.25, 0.3) is 0 Å². The van der Waals surface area contributed by atoms with Crippen LogP contribution in [0.15, 0.2) is 36.4 Å². The van der Waals surface area contributed by atoms with Gasteiger partial charge in [-0.2, -0.15) is 8.42 Å². The Balaban J connectivity index is 2.04. The largest absolute Gasteiger partial charge is 0.327 e. The van der Waals surface area contributed by atoms with Gasteiger partial charge < -0.3 is 14.7 Å². The molecule has 0 saturated carbocycles. The summed E-state index contributed by atoms with van der Waals surface area (Å²) in [6, 6.07) is 10.3. The molecule has 0 spiro atoms. The van der Waals surface area contributed by atoms with Crippen LogP contribution in [0.2, 0.25) is 10.0 Å². The maximum Gasteiger partial charge on any atom is 0.327 e. The predicted octanol–water partition coefficient (Wildman–Crippen LogP) is 2.76. The van der Waals surface area contributed by atoms with E-state index in [1.54, 1.807) is 18.2 Å². The molecule has 1 heterocycles. The summed E-state index contributed by atoms with van der Waals surface area (Å²) in [5, 5.41) is 6.39. The van der Waals surface area contributed by atoms with Crippen molar-refractivity contribution in [3.05, 3.63) is 63.1 Å². The zero-order valence-corrected chi connectivity index (χ0v) is 19.3. The van der Waals surface area contributed by atoms with Gasteiger partial charge in [-0.25, -0.2) is 5.14 Å². The third-order valence-corrected chi connectivity index (χ3v) is 7.30. The number of benzene rings is 2. The lowest BCUT2D eigenvalue weighted by Crippen LogP contribution is -2.38. The second-order valence-corrected chi connectivity index (χ2v) is 11.4. The Morgan fingerprint density at radius 1 is 1.27 bits per heavy atom. The van der Waals surface area contributed by atoms with Gasteiger partial charge in [-0.1, -0.05) is 35.3 Å². The van der Waals surface area contributed by atoms with Crippen molar-refractivity contribution in [1.82, 2.24) is 4.90 Å². The molecule has 4 N–H and O–H groups in total. The van der Waals surface area contributed by atoms with Gasteiger partial charge in [0.05, 0.1) is 11.8 Å². The number of hydrogen-bond acceptors (Lipinski definition) is 4. The summed E-state index contributed by atoms with van der Waals surface area (Å²) in [6.45, 7) is 0.878. The molecule has 12 heteroatoms. The molecule has 0 radical (unpaired) electrons. The minimum absolute atomic E-state index is 0.126. The Morgan fingerprint density at radius 2 is 1.97 bits per heavy atom. The Labute approximate surface area is 185 Å². The normalized spacial score (nSPS) is 17.6. The highest BCUT2D eigenvalue weighted by Crippen LogP contribution is 2.39. The highest BCUT2D eigenvalue weighted by Gasteiger charge is 2.28. The molecule has 1 unspecified atom stereocenters. The summed E-state index contributed by atoms with van der Waals surface area (Å²) in [4.78, 5) is 20.4. The molecule has 0 fully saturated rings. The van der Waals surface area contributed by atoms with E-state index in [0.717, 1.165) is 21.0 Å². The van der Waals surface area contributed by atoms with Crippen molar-refractivity contribution >= 4 is 46.7 Å². The molecular formula is C18H22Cl2N3O5PS. The summed E-state index contributed by atoms with van der Waals surface area (Å²) in [5.41, 5.74) is 2.95. The Hall–Kier alpha value is -1.16. The number of nitrogens with two attached hydrogens (primary N) is 1. The molecule has 0 saturated heterocycles. The van der Waals surface area contributed by atoms with Gasteiger partial charge in [-0.05, 0) is 48.0 Å². The number of anilines is 1. The minimum atomic E-state index is -4.41. The number of rotatable bonds is 6. The summed E-state index contributed by atoms with van der Waals surface area (Å²) in [6.07, 6.45) is -0.645. The van der Waals surface area contributed by atoms with E-state index in [9.17, 15) is 13.0 Å². The van der Waals surface area contributed by atoms with Crippen LogP contribution >= 0.6 is 30.8 Å². The summed E-state index contributed by atoms with van der Waals surface area (Å²) < 4.78 is 36.2. The van der Waals surface area contributed by atoms with E-state index in [1.165, 1.54) is 6.07 Å². The van der Waals surface area contributed by atoms with Crippen LogP contribution < -0.4 is 9.44 Å². The Kier molecular flexibility index (Phi) is 6.86. The van der Waals surface area contributed by atoms with E-state index in [2.05, 4.69) is 4.90 Å². The molecule has 0 amide bonds. The molecule has 1 atom stereocenters.